The highest BCUT2D eigenvalue weighted by Crippen LogP contribution is 2.37. The van der Waals surface area contributed by atoms with E-state index in [0.717, 1.165) is 5.56 Å². The second-order valence-corrected chi connectivity index (χ2v) is 10.8. The topological polar surface area (TPSA) is 89.0 Å². The van der Waals surface area contributed by atoms with E-state index in [2.05, 4.69) is 31.8 Å². The van der Waals surface area contributed by atoms with Crippen molar-refractivity contribution in [2.45, 2.75) is 40.3 Å². The summed E-state index contributed by atoms with van der Waals surface area (Å²) in [7, 11) is 0. The van der Waals surface area contributed by atoms with E-state index in [9.17, 15) is 9.59 Å². The van der Waals surface area contributed by atoms with E-state index < -0.39 is 17.9 Å². The van der Waals surface area contributed by atoms with Gasteiger partial charge < -0.3 is 14.8 Å². The van der Waals surface area contributed by atoms with Gasteiger partial charge in [-0.2, -0.15) is 5.10 Å². The van der Waals surface area contributed by atoms with E-state index in [1.807, 2.05) is 58.0 Å². The minimum Gasteiger partial charge on any atom is -0.490 e. The lowest BCUT2D eigenvalue weighted by Crippen LogP contribution is -2.48. The molecule has 0 heterocycles. The van der Waals surface area contributed by atoms with Gasteiger partial charge in [-0.1, -0.05) is 66.9 Å². The first-order valence-electron chi connectivity index (χ1n) is 12.3. The zero-order valence-electron chi connectivity index (χ0n) is 22.1. The Hall–Kier alpha value is -3.07. The number of aryl methyl sites for hydroxylation is 1. The van der Waals surface area contributed by atoms with Crippen LogP contribution >= 0.6 is 39.1 Å². The quantitative estimate of drug-likeness (QED) is 0.177. The number of hydrogen-bond acceptors (Lipinski definition) is 5. The lowest BCUT2D eigenvalue weighted by Gasteiger charge is -2.20. The summed E-state index contributed by atoms with van der Waals surface area (Å²) in [5.74, 6) is 0.00881. The third kappa shape index (κ3) is 8.71. The van der Waals surface area contributed by atoms with E-state index in [1.54, 1.807) is 12.1 Å². The second kappa shape index (κ2) is 14.4. The Bertz CT molecular complexity index is 1350. The highest BCUT2D eigenvalue weighted by Gasteiger charge is 2.25. The maximum Gasteiger partial charge on any atom is 0.262 e. The average molecular weight is 635 g/mol. The van der Waals surface area contributed by atoms with E-state index in [-0.39, 0.29) is 10.9 Å². The summed E-state index contributed by atoms with van der Waals surface area (Å²) in [5, 5.41) is 7.41. The number of halogens is 3. The SMILES string of the molecule is CCOc1cc(C=NNC(=O)C(NC(=O)c2ccc(Cl)c(Cl)c2)C(C)C)cc(Br)c1OCc1ccc(C)cc1. The van der Waals surface area contributed by atoms with Crippen molar-refractivity contribution in [2.24, 2.45) is 11.0 Å². The van der Waals surface area contributed by atoms with Crippen LogP contribution in [0.3, 0.4) is 0 Å². The molecule has 3 aromatic carbocycles. The number of nitrogens with one attached hydrogen (secondary N) is 2. The molecule has 0 fully saturated rings. The van der Waals surface area contributed by atoms with Gasteiger partial charge in [-0.3, -0.25) is 9.59 Å². The first-order chi connectivity index (χ1) is 18.6. The second-order valence-electron chi connectivity index (χ2n) is 9.10. The molecule has 3 rings (SSSR count). The predicted octanol–water partition coefficient (Wildman–Crippen LogP) is 6.95. The summed E-state index contributed by atoms with van der Waals surface area (Å²) in [5.41, 5.74) is 5.69. The van der Waals surface area contributed by atoms with Gasteiger partial charge in [0.2, 0.25) is 0 Å². The van der Waals surface area contributed by atoms with Crippen LogP contribution < -0.4 is 20.2 Å². The van der Waals surface area contributed by atoms with Crippen molar-refractivity contribution >= 4 is 57.2 Å². The fourth-order valence-corrected chi connectivity index (χ4v) is 4.41. The van der Waals surface area contributed by atoms with E-state index in [0.29, 0.717) is 45.3 Å². The van der Waals surface area contributed by atoms with Gasteiger partial charge in [-0.25, -0.2) is 5.43 Å². The van der Waals surface area contributed by atoms with E-state index >= 15 is 0 Å². The van der Waals surface area contributed by atoms with Crippen LogP contribution in [0.2, 0.25) is 10.0 Å². The lowest BCUT2D eigenvalue weighted by atomic mass is 10.0. The van der Waals surface area contributed by atoms with Gasteiger partial charge in [0.15, 0.2) is 11.5 Å². The van der Waals surface area contributed by atoms with Crippen molar-refractivity contribution in [3.8, 4) is 11.5 Å². The van der Waals surface area contributed by atoms with Crippen molar-refractivity contribution in [3.05, 3.63) is 91.4 Å². The van der Waals surface area contributed by atoms with Crippen LogP contribution in [0.25, 0.3) is 0 Å². The van der Waals surface area contributed by atoms with E-state index in [1.165, 1.54) is 23.9 Å². The first-order valence-corrected chi connectivity index (χ1v) is 13.9. The molecule has 0 aliphatic rings. The van der Waals surface area contributed by atoms with Crippen molar-refractivity contribution in [1.29, 1.82) is 0 Å². The Morgan fingerprint density at radius 2 is 1.74 bits per heavy atom. The van der Waals surface area contributed by atoms with Crippen LogP contribution in [0.15, 0.2) is 64.2 Å². The summed E-state index contributed by atoms with van der Waals surface area (Å²) in [4.78, 5) is 25.5. The molecule has 0 radical (unpaired) electrons. The van der Waals surface area contributed by atoms with Gasteiger partial charge in [-0.15, -0.1) is 0 Å². The van der Waals surface area contributed by atoms with Crippen LogP contribution in [0.4, 0.5) is 0 Å². The predicted molar refractivity (Wildman–Crippen MR) is 159 cm³/mol. The number of ether oxygens (including phenoxy) is 2. The monoisotopic (exact) mass is 633 g/mol. The number of benzene rings is 3. The molecule has 0 saturated carbocycles. The van der Waals surface area contributed by atoms with Gasteiger partial charge in [0.25, 0.3) is 11.8 Å². The van der Waals surface area contributed by atoms with Crippen LogP contribution in [-0.4, -0.2) is 30.7 Å². The normalized spacial score (nSPS) is 11.9. The minimum absolute atomic E-state index is 0.199. The number of nitrogens with zero attached hydrogens (tertiary/aromatic N) is 1. The molecular weight excluding hydrogens is 605 g/mol. The molecule has 2 amide bonds. The molecule has 0 aliphatic heterocycles. The third-order valence-corrected chi connectivity index (χ3v) is 6.97. The fourth-order valence-electron chi connectivity index (χ4n) is 3.54. The Morgan fingerprint density at radius 1 is 1.03 bits per heavy atom. The Kier molecular flexibility index (Phi) is 11.2. The number of amides is 2. The average Bonchev–Trinajstić information content (AvgIpc) is 2.89. The molecule has 0 aromatic heterocycles. The smallest absolute Gasteiger partial charge is 0.262 e. The van der Waals surface area contributed by atoms with Crippen LogP contribution in [0.5, 0.6) is 11.5 Å². The summed E-state index contributed by atoms with van der Waals surface area (Å²) in [6.45, 7) is 8.39. The summed E-state index contributed by atoms with van der Waals surface area (Å²) in [6.07, 6.45) is 1.49. The van der Waals surface area contributed by atoms with Crippen LogP contribution in [0.1, 0.15) is 47.8 Å². The van der Waals surface area contributed by atoms with Gasteiger partial charge >= 0.3 is 0 Å². The number of hydrogen-bond donors (Lipinski definition) is 2. The van der Waals surface area contributed by atoms with Crippen molar-refractivity contribution in [3.63, 3.8) is 0 Å². The zero-order valence-corrected chi connectivity index (χ0v) is 25.2. The molecule has 7 nitrogen and oxygen atoms in total. The lowest BCUT2D eigenvalue weighted by molar-refractivity contribution is -0.123. The molecule has 10 heteroatoms. The fraction of sp³-hybridized carbons (Fsp3) is 0.276. The van der Waals surface area contributed by atoms with E-state index in [4.69, 9.17) is 32.7 Å². The number of hydrazone groups is 1. The maximum atomic E-state index is 12.9. The molecular formula is C29H30BrCl2N3O4. The highest BCUT2D eigenvalue weighted by molar-refractivity contribution is 9.10. The standard InChI is InChI=1S/C29H30BrCl2N3O4/c1-5-38-25-13-20(12-22(30)27(25)39-16-19-8-6-18(4)7-9-19)15-33-35-29(37)26(17(2)3)34-28(36)21-10-11-23(31)24(32)14-21/h6-15,17,26H,5,16H2,1-4H3,(H,34,36)(H,35,37). The number of carbonyl (C=O) groups is 2. The summed E-state index contributed by atoms with van der Waals surface area (Å²) in [6, 6.07) is 15.4. The molecule has 3 aromatic rings. The molecule has 0 bridgehead atoms. The van der Waals surface area contributed by atoms with Crippen molar-refractivity contribution in [2.75, 3.05) is 6.61 Å². The molecule has 0 aliphatic carbocycles. The highest BCUT2D eigenvalue weighted by atomic mass is 79.9. The first kappa shape index (κ1) is 30.5. The molecule has 1 atom stereocenters. The minimum atomic E-state index is -0.827. The summed E-state index contributed by atoms with van der Waals surface area (Å²) >= 11 is 15.5. The van der Waals surface area contributed by atoms with Gasteiger partial charge in [0.1, 0.15) is 12.6 Å². The Labute approximate surface area is 247 Å². The van der Waals surface area contributed by atoms with Crippen LogP contribution in [0, 0.1) is 12.8 Å². The molecule has 0 saturated heterocycles. The van der Waals surface area contributed by atoms with Crippen molar-refractivity contribution < 1.29 is 19.1 Å². The van der Waals surface area contributed by atoms with Gasteiger partial charge in [0.05, 0.1) is 27.3 Å². The molecule has 1 unspecified atom stereocenters. The third-order valence-electron chi connectivity index (χ3n) is 5.64. The zero-order chi connectivity index (χ0) is 28.5. The Balaban J connectivity index is 1.68. The largest absolute Gasteiger partial charge is 0.490 e. The van der Waals surface area contributed by atoms with Gasteiger partial charge in [-0.05, 0) is 77.2 Å². The van der Waals surface area contributed by atoms with Gasteiger partial charge in [0, 0.05) is 5.56 Å². The van der Waals surface area contributed by atoms with Crippen molar-refractivity contribution in [1.82, 2.24) is 10.7 Å². The molecule has 39 heavy (non-hydrogen) atoms. The number of rotatable bonds is 11. The number of carbonyl (C=O) groups excluding carboxylic acids is 2. The Morgan fingerprint density at radius 3 is 2.38 bits per heavy atom. The van der Waals surface area contributed by atoms with Crippen LogP contribution in [-0.2, 0) is 11.4 Å². The molecule has 0 spiro atoms. The molecule has 206 valence electrons. The molecule has 2 N–H and O–H groups in total. The maximum absolute atomic E-state index is 12.9. The summed E-state index contributed by atoms with van der Waals surface area (Å²) < 4.78 is 12.5.